The molecule has 18 heavy (non-hydrogen) atoms. The number of hydrogen-bond acceptors (Lipinski definition) is 2. The van der Waals surface area contributed by atoms with E-state index in [0.717, 1.165) is 29.3 Å². The molecular formula is C14H16N2O2. The molecule has 0 aliphatic heterocycles. The molecule has 1 heterocycles. The first-order valence-corrected chi connectivity index (χ1v) is 6.31. The maximum Gasteiger partial charge on any atom is 0.223 e. The Kier molecular flexibility index (Phi) is 2.70. The molecule has 0 spiro atoms. The number of phenols is 1. The molecule has 1 aromatic heterocycles. The number of aromatic amines is 1. The van der Waals surface area contributed by atoms with Crippen molar-refractivity contribution in [3.05, 3.63) is 30.0 Å². The lowest BCUT2D eigenvalue weighted by Gasteiger charge is -2.08. The Balaban J connectivity index is 1.71. The fourth-order valence-corrected chi connectivity index (χ4v) is 2.25. The van der Waals surface area contributed by atoms with E-state index in [4.69, 9.17) is 0 Å². The molecule has 1 amide bonds. The number of hydrogen-bond donors (Lipinski definition) is 3. The zero-order valence-electron chi connectivity index (χ0n) is 10.1. The fraction of sp³-hybridized carbons (Fsp3) is 0.357. The number of rotatable bonds is 4. The summed E-state index contributed by atoms with van der Waals surface area (Å²) in [5.74, 6) is 0.681. The van der Waals surface area contributed by atoms with E-state index < -0.39 is 0 Å². The third kappa shape index (κ3) is 2.06. The molecule has 1 aliphatic carbocycles. The van der Waals surface area contributed by atoms with Crippen LogP contribution in [0.3, 0.4) is 0 Å². The number of nitrogens with one attached hydrogen (secondary N) is 2. The molecule has 4 nitrogen and oxygen atoms in total. The monoisotopic (exact) mass is 244 g/mol. The van der Waals surface area contributed by atoms with Gasteiger partial charge in [0.05, 0.1) is 0 Å². The number of carbonyl (C=O) groups is 1. The fourth-order valence-electron chi connectivity index (χ4n) is 2.25. The van der Waals surface area contributed by atoms with Gasteiger partial charge in [0.15, 0.2) is 0 Å². The summed E-state index contributed by atoms with van der Waals surface area (Å²) >= 11 is 0. The SMILES string of the molecule is O=C(NCCc1c(O)ccc2[nH]ccc12)C1CC1. The predicted molar refractivity (Wildman–Crippen MR) is 69.4 cm³/mol. The van der Waals surface area contributed by atoms with Gasteiger partial charge in [-0.25, -0.2) is 0 Å². The Hall–Kier alpha value is -1.97. The van der Waals surface area contributed by atoms with Crippen molar-refractivity contribution in [1.82, 2.24) is 10.3 Å². The first-order valence-electron chi connectivity index (χ1n) is 6.31. The molecule has 0 bridgehead atoms. The number of aromatic hydroxyl groups is 1. The van der Waals surface area contributed by atoms with Crippen molar-refractivity contribution >= 4 is 16.8 Å². The highest BCUT2D eigenvalue weighted by Crippen LogP contribution is 2.29. The standard InChI is InChI=1S/C14H16N2O2/c17-13-4-3-12-10(5-7-15-12)11(13)6-8-16-14(18)9-1-2-9/h3-5,7,9,15,17H,1-2,6,8H2,(H,16,18). The molecule has 1 saturated carbocycles. The van der Waals surface area contributed by atoms with Gasteiger partial charge in [0.2, 0.25) is 5.91 Å². The lowest BCUT2D eigenvalue weighted by molar-refractivity contribution is -0.122. The van der Waals surface area contributed by atoms with E-state index in [1.54, 1.807) is 6.07 Å². The minimum Gasteiger partial charge on any atom is -0.508 e. The second-order valence-corrected chi connectivity index (χ2v) is 4.82. The summed E-state index contributed by atoms with van der Waals surface area (Å²) in [4.78, 5) is 14.6. The van der Waals surface area contributed by atoms with Gasteiger partial charge < -0.3 is 15.4 Å². The minimum absolute atomic E-state index is 0.149. The van der Waals surface area contributed by atoms with Gasteiger partial charge in [0.25, 0.3) is 0 Å². The molecule has 1 fully saturated rings. The smallest absolute Gasteiger partial charge is 0.223 e. The molecular weight excluding hydrogens is 228 g/mol. The topological polar surface area (TPSA) is 65.1 Å². The number of amides is 1. The van der Waals surface area contributed by atoms with Gasteiger partial charge in [-0.3, -0.25) is 4.79 Å². The van der Waals surface area contributed by atoms with E-state index in [-0.39, 0.29) is 11.8 Å². The summed E-state index contributed by atoms with van der Waals surface area (Å²) in [7, 11) is 0. The lowest BCUT2D eigenvalue weighted by atomic mass is 10.1. The molecule has 3 N–H and O–H groups in total. The van der Waals surface area contributed by atoms with Crippen molar-refractivity contribution in [3.63, 3.8) is 0 Å². The van der Waals surface area contributed by atoms with Gasteiger partial charge in [-0.1, -0.05) is 0 Å². The van der Waals surface area contributed by atoms with Gasteiger partial charge in [-0.05, 0) is 37.5 Å². The summed E-state index contributed by atoms with van der Waals surface area (Å²) < 4.78 is 0. The molecule has 0 atom stereocenters. The number of carbonyl (C=O) groups excluding carboxylic acids is 1. The maximum absolute atomic E-state index is 11.5. The van der Waals surface area contributed by atoms with Crippen LogP contribution in [0.5, 0.6) is 5.75 Å². The number of H-pyrrole nitrogens is 1. The van der Waals surface area contributed by atoms with Crippen LogP contribution >= 0.6 is 0 Å². The number of benzene rings is 1. The summed E-state index contributed by atoms with van der Waals surface area (Å²) in [6.07, 6.45) is 4.55. The van der Waals surface area contributed by atoms with E-state index in [9.17, 15) is 9.90 Å². The zero-order valence-corrected chi connectivity index (χ0v) is 10.1. The second-order valence-electron chi connectivity index (χ2n) is 4.82. The van der Waals surface area contributed by atoms with Gasteiger partial charge in [-0.2, -0.15) is 0 Å². The predicted octanol–water partition coefficient (Wildman–Crippen LogP) is 1.94. The van der Waals surface area contributed by atoms with Gasteiger partial charge in [-0.15, -0.1) is 0 Å². The van der Waals surface area contributed by atoms with Crippen molar-refractivity contribution in [2.45, 2.75) is 19.3 Å². The molecule has 1 aromatic carbocycles. The van der Waals surface area contributed by atoms with Crippen LogP contribution in [-0.2, 0) is 11.2 Å². The quantitative estimate of drug-likeness (QED) is 0.769. The highest BCUT2D eigenvalue weighted by atomic mass is 16.3. The molecule has 94 valence electrons. The van der Waals surface area contributed by atoms with E-state index in [0.29, 0.717) is 18.7 Å². The van der Waals surface area contributed by atoms with Gasteiger partial charge >= 0.3 is 0 Å². The Morgan fingerprint density at radius 2 is 2.22 bits per heavy atom. The largest absolute Gasteiger partial charge is 0.508 e. The number of aromatic nitrogens is 1. The van der Waals surface area contributed by atoms with E-state index >= 15 is 0 Å². The summed E-state index contributed by atoms with van der Waals surface area (Å²) in [5.41, 5.74) is 1.90. The van der Waals surface area contributed by atoms with Crippen LogP contribution in [0.2, 0.25) is 0 Å². The van der Waals surface area contributed by atoms with Crippen LogP contribution in [-0.4, -0.2) is 22.5 Å². The average molecular weight is 244 g/mol. The Morgan fingerprint density at radius 1 is 1.39 bits per heavy atom. The van der Waals surface area contributed by atoms with Gasteiger partial charge in [0.1, 0.15) is 5.75 Å². The molecule has 4 heteroatoms. The van der Waals surface area contributed by atoms with E-state index in [2.05, 4.69) is 10.3 Å². The average Bonchev–Trinajstić information content (AvgIpc) is 3.10. The Morgan fingerprint density at radius 3 is 3.00 bits per heavy atom. The first-order chi connectivity index (χ1) is 8.75. The molecule has 1 aliphatic rings. The van der Waals surface area contributed by atoms with Crippen LogP contribution < -0.4 is 5.32 Å². The molecule has 0 radical (unpaired) electrons. The van der Waals surface area contributed by atoms with Crippen molar-refractivity contribution < 1.29 is 9.90 Å². The van der Waals surface area contributed by atoms with Crippen LogP contribution in [0.4, 0.5) is 0 Å². The van der Waals surface area contributed by atoms with Crippen LogP contribution in [0, 0.1) is 5.92 Å². The third-order valence-electron chi connectivity index (χ3n) is 3.44. The van der Waals surface area contributed by atoms with E-state index in [1.165, 1.54) is 0 Å². The Labute approximate surface area is 105 Å². The second kappa shape index (κ2) is 4.37. The number of fused-ring (bicyclic) bond motifs is 1. The highest BCUT2D eigenvalue weighted by molar-refractivity contribution is 5.85. The van der Waals surface area contributed by atoms with Crippen LogP contribution in [0.1, 0.15) is 18.4 Å². The normalized spacial score (nSPS) is 14.9. The number of phenolic OH excluding ortho intramolecular Hbond substituents is 1. The Bertz CT molecular complexity index is 584. The third-order valence-corrected chi connectivity index (χ3v) is 3.44. The van der Waals surface area contributed by atoms with Gasteiger partial charge in [0, 0.05) is 35.1 Å². The van der Waals surface area contributed by atoms with Crippen molar-refractivity contribution in [1.29, 1.82) is 0 Å². The van der Waals surface area contributed by atoms with Crippen molar-refractivity contribution in [3.8, 4) is 5.75 Å². The highest BCUT2D eigenvalue weighted by Gasteiger charge is 2.29. The van der Waals surface area contributed by atoms with Crippen molar-refractivity contribution in [2.24, 2.45) is 5.92 Å². The van der Waals surface area contributed by atoms with Crippen LogP contribution in [0.25, 0.3) is 10.9 Å². The van der Waals surface area contributed by atoms with Crippen LogP contribution in [0.15, 0.2) is 24.4 Å². The summed E-state index contributed by atoms with van der Waals surface area (Å²) in [6, 6.07) is 5.50. The zero-order chi connectivity index (χ0) is 12.5. The minimum atomic E-state index is 0.149. The molecule has 0 saturated heterocycles. The lowest BCUT2D eigenvalue weighted by Crippen LogP contribution is -2.26. The van der Waals surface area contributed by atoms with E-state index in [1.807, 2.05) is 18.3 Å². The molecule has 0 unspecified atom stereocenters. The summed E-state index contributed by atoms with van der Waals surface area (Å²) in [6.45, 7) is 0.577. The summed E-state index contributed by atoms with van der Waals surface area (Å²) in [5, 5.41) is 13.8. The maximum atomic E-state index is 11.5. The molecule has 3 rings (SSSR count). The molecule has 2 aromatic rings. The first kappa shape index (κ1) is 11.1. The van der Waals surface area contributed by atoms with Crippen molar-refractivity contribution in [2.75, 3.05) is 6.54 Å².